The first kappa shape index (κ1) is 17.3. The summed E-state index contributed by atoms with van der Waals surface area (Å²) in [7, 11) is 0. The molecule has 0 saturated heterocycles. The molecule has 0 saturated carbocycles. The summed E-state index contributed by atoms with van der Waals surface area (Å²) in [6, 6.07) is 0. The summed E-state index contributed by atoms with van der Waals surface area (Å²) in [6.07, 6.45) is 19.6. The number of carbonyl (C=O) groups is 1. The second-order valence-electron chi connectivity index (χ2n) is 6.38. The zero-order valence-corrected chi connectivity index (χ0v) is 13.5. The van der Waals surface area contributed by atoms with E-state index in [1.165, 1.54) is 64.7 Å². The highest BCUT2D eigenvalue weighted by atomic mass is 16.6. The fourth-order valence-corrected chi connectivity index (χ4v) is 2.98. The van der Waals surface area contributed by atoms with Crippen LogP contribution in [0.5, 0.6) is 0 Å². The van der Waals surface area contributed by atoms with Crippen LogP contribution in [0.1, 0.15) is 90.9 Å². The number of esters is 1. The van der Waals surface area contributed by atoms with Crippen molar-refractivity contribution >= 4 is 5.97 Å². The molecule has 1 unspecified atom stereocenters. The van der Waals surface area contributed by atoms with Crippen molar-refractivity contribution in [3.63, 3.8) is 0 Å². The van der Waals surface area contributed by atoms with Gasteiger partial charge in [0.25, 0.3) is 0 Å². The van der Waals surface area contributed by atoms with Crippen molar-refractivity contribution in [2.24, 2.45) is 0 Å². The van der Waals surface area contributed by atoms with Crippen molar-refractivity contribution in [2.45, 2.75) is 96.5 Å². The van der Waals surface area contributed by atoms with Crippen molar-refractivity contribution in [1.29, 1.82) is 0 Å². The minimum atomic E-state index is -0.397. The van der Waals surface area contributed by atoms with Crippen molar-refractivity contribution in [1.82, 2.24) is 0 Å². The molecule has 0 aromatic heterocycles. The second-order valence-corrected chi connectivity index (χ2v) is 6.38. The lowest BCUT2D eigenvalue weighted by atomic mass is 9.96. The third kappa shape index (κ3) is 8.39. The molecule has 0 bridgehead atoms. The molecule has 1 aliphatic rings. The number of rotatable bonds is 1. The second kappa shape index (κ2) is 10.0. The van der Waals surface area contributed by atoms with Gasteiger partial charge in [0, 0.05) is 6.92 Å². The van der Waals surface area contributed by atoms with E-state index in [1.807, 2.05) is 6.92 Å². The topological polar surface area (TPSA) is 26.3 Å². The van der Waals surface area contributed by atoms with Gasteiger partial charge in [0.1, 0.15) is 5.60 Å². The average Bonchev–Trinajstić information content (AvgIpc) is 2.38. The van der Waals surface area contributed by atoms with Gasteiger partial charge < -0.3 is 4.74 Å². The number of hydrogen-bond acceptors (Lipinski definition) is 2. The van der Waals surface area contributed by atoms with Gasteiger partial charge >= 0.3 is 5.97 Å². The Balaban J connectivity index is 2.50. The highest BCUT2D eigenvalue weighted by Crippen LogP contribution is 2.23. The average molecular weight is 280 g/mol. The molecule has 2 nitrogen and oxygen atoms in total. The summed E-state index contributed by atoms with van der Waals surface area (Å²) in [6.45, 7) is 3.55. The fourth-order valence-electron chi connectivity index (χ4n) is 2.98. The van der Waals surface area contributed by atoms with Gasteiger partial charge in [0.2, 0.25) is 0 Å². The summed E-state index contributed by atoms with van der Waals surface area (Å²) in [4.78, 5) is 11.3. The summed E-state index contributed by atoms with van der Waals surface area (Å²) in [5.74, 6) is -0.171. The van der Waals surface area contributed by atoms with E-state index in [2.05, 4.69) is 12.2 Å². The van der Waals surface area contributed by atoms with Crippen molar-refractivity contribution in [2.75, 3.05) is 0 Å². The van der Waals surface area contributed by atoms with E-state index in [1.54, 1.807) is 0 Å². The Hall–Kier alpha value is -0.790. The Morgan fingerprint density at radius 2 is 1.40 bits per heavy atom. The SMILES string of the molecule is CC(=O)OC1(C)/C=C\CCCCCCCCCCCC1. The Bertz CT molecular complexity index is 296. The predicted octanol–water partition coefficient (Wildman–Crippen LogP) is 5.56. The first-order valence-electron chi connectivity index (χ1n) is 8.50. The number of allylic oxidation sites excluding steroid dienone is 1. The highest BCUT2D eigenvalue weighted by Gasteiger charge is 2.23. The molecule has 0 aromatic carbocycles. The van der Waals surface area contributed by atoms with E-state index in [9.17, 15) is 4.79 Å². The van der Waals surface area contributed by atoms with Gasteiger partial charge in [-0.1, -0.05) is 57.4 Å². The molecule has 1 atom stereocenters. The Morgan fingerprint density at radius 3 is 1.95 bits per heavy atom. The van der Waals surface area contributed by atoms with E-state index >= 15 is 0 Å². The molecule has 0 radical (unpaired) electrons. The molecule has 0 N–H and O–H groups in total. The van der Waals surface area contributed by atoms with Crippen LogP contribution in [-0.2, 0) is 9.53 Å². The van der Waals surface area contributed by atoms with E-state index in [0.29, 0.717) is 0 Å². The number of ether oxygens (including phenoxy) is 1. The lowest BCUT2D eigenvalue weighted by Crippen LogP contribution is -2.28. The fraction of sp³-hybridized carbons (Fsp3) is 0.833. The van der Waals surface area contributed by atoms with Crippen LogP contribution in [-0.4, -0.2) is 11.6 Å². The lowest BCUT2D eigenvalue weighted by Gasteiger charge is -2.26. The molecule has 116 valence electrons. The molecule has 0 spiro atoms. The van der Waals surface area contributed by atoms with Crippen LogP contribution in [0, 0.1) is 0 Å². The molecule has 0 fully saturated rings. The molecule has 1 rings (SSSR count). The van der Waals surface area contributed by atoms with Crippen molar-refractivity contribution in [3.8, 4) is 0 Å². The molecular formula is C18H32O2. The molecule has 0 amide bonds. The molecule has 1 aliphatic carbocycles. The maximum atomic E-state index is 11.3. The quantitative estimate of drug-likeness (QED) is 0.464. The Morgan fingerprint density at radius 1 is 0.900 bits per heavy atom. The van der Waals surface area contributed by atoms with Crippen LogP contribution in [0.2, 0.25) is 0 Å². The Labute approximate surface area is 125 Å². The monoisotopic (exact) mass is 280 g/mol. The molecule has 2 heteroatoms. The molecule has 20 heavy (non-hydrogen) atoms. The van der Waals surface area contributed by atoms with Gasteiger partial charge in [0.15, 0.2) is 0 Å². The van der Waals surface area contributed by atoms with Crippen LogP contribution in [0.25, 0.3) is 0 Å². The minimum absolute atomic E-state index is 0.171. The van der Waals surface area contributed by atoms with Crippen LogP contribution >= 0.6 is 0 Å². The van der Waals surface area contributed by atoms with Crippen molar-refractivity contribution in [3.05, 3.63) is 12.2 Å². The molecular weight excluding hydrogens is 248 g/mol. The van der Waals surface area contributed by atoms with Crippen molar-refractivity contribution < 1.29 is 9.53 Å². The van der Waals surface area contributed by atoms with Crippen LogP contribution < -0.4 is 0 Å². The largest absolute Gasteiger partial charge is 0.455 e. The van der Waals surface area contributed by atoms with E-state index in [-0.39, 0.29) is 5.97 Å². The van der Waals surface area contributed by atoms with Gasteiger partial charge in [-0.05, 0) is 38.7 Å². The van der Waals surface area contributed by atoms with E-state index in [0.717, 1.165) is 19.3 Å². The predicted molar refractivity (Wildman–Crippen MR) is 84.7 cm³/mol. The van der Waals surface area contributed by atoms with E-state index < -0.39 is 5.60 Å². The van der Waals surface area contributed by atoms with Gasteiger partial charge in [0.05, 0.1) is 0 Å². The van der Waals surface area contributed by atoms with Gasteiger partial charge in [-0.3, -0.25) is 4.79 Å². The summed E-state index contributed by atoms with van der Waals surface area (Å²) in [5, 5.41) is 0. The van der Waals surface area contributed by atoms with Crippen LogP contribution in [0.3, 0.4) is 0 Å². The molecule has 0 aliphatic heterocycles. The maximum Gasteiger partial charge on any atom is 0.303 e. The number of carbonyl (C=O) groups excluding carboxylic acids is 1. The lowest BCUT2D eigenvalue weighted by molar-refractivity contribution is -0.151. The smallest absolute Gasteiger partial charge is 0.303 e. The highest BCUT2D eigenvalue weighted by molar-refractivity contribution is 5.66. The van der Waals surface area contributed by atoms with E-state index in [4.69, 9.17) is 4.74 Å². The zero-order valence-electron chi connectivity index (χ0n) is 13.5. The minimum Gasteiger partial charge on any atom is -0.455 e. The van der Waals surface area contributed by atoms with Crippen LogP contribution in [0.4, 0.5) is 0 Å². The summed E-state index contributed by atoms with van der Waals surface area (Å²) in [5.41, 5.74) is -0.397. The van der Waals surface area contributed by atoms with Gasteiger partial charge in [-0.25, -0.2) is 0 Å². The number of hydrogen-bond donors (Lipinski definition) is 0. The maximum absolute atomic E-state index is 11.3. The zero-order chi connectivity index (χ0) is 14.7. The normalized spacial score (nSPS) is 28.9. The molecule has 0 aromatic rings. The summed E-state index contributed by atoms with van der Waals surface area (Å²) < 4.78 is 5.54. The first-order chi connectivity index (χ1) is 9.62. The third-order valence-electron chi connectivity index (χ3n) is 4.14. The first-order valence-corrected chi connectivity index (χ1v) is 8.50. The van der Waals surface area contributed by atoms with Gasteiger partial charge in [-0.15, -0.1) is 0 Å². The van der Waals surface area contributed by atoms with Crippen LogP contribution in [0.15, 0.2) is 12.2 Å². The standard InChI is InChI=1S/C18H32O2/c1-17(19)20-18(2)15-13-11-9-7-5-3-4-6-8-10-12-14-16-18/h13,15H,3-12,14,16H2,1-2H3/b15-13-. The third-order valence-corrected chi connectivity index (χ3v) is 4.14. The summed E-state index contributed by atoms with van der Waals surface area (Å²) >= 11 is 0. The molecule has 0 heterocycles. The Kier molecular flexibility index (Phi) is 8.64. The van der Waals surface area contributed by atoms with Gasteiger partial charge in [-0.2, -0.15) is 0 Å².